The van der Waals surface area contributed by atoms with Gasteiger partial charge in [0.15, 0.2) is 0 Å². The molecule has 2 aliphatic rings. The number of methoxy groups -OCH3 is 1. The van der Waals surface area contributed by atoms with Crippen molar-refractivity contribution < 1.29 is 23.9 Å². The Balaban J connectivity index is 1.40. The molecule has 0 saturated carbocycles. The first-order valence-electron chi connectivity index (χ1n) is 9.79. The fourth-order valence-corrected chi connectivity index (χ4v) is 3.69. The number of hydrogen-bond acceptors (Lipinski definition) is 5. The van der Waals surface area contributed by atoms with Crippen LogP contribution in [-0.4, -0.2) is 55.6 Å². The molecular formula is C22H23N3O5. The third-order valence-electron chi connectivity index (χ3n) is 5.32. The number of benzene rings is 2. The standard InChI is InChI=1S/C22H23N3O5/c1-29-17-9-7-16(8-10-17)25-21(27)18(23-22(25)28)13-20(26)24-11-12-30-19(14-24)15-5-3-2-4-6-15/h2-10,18-19H,11-14H2,1H3,(H,23,28). The average Bonchev–Trinajstić information content (AvgIpc) is 3.07. The normalized spacial score (nSPS) is 21.5. The predicted molar refractivity (Wildman–Crippen MR) is 109 cm³/mol. The second kappa shape index (κ2) is 8.54. The predicted octanol–water partition coefficient (Wildman–Crippen LogP) is 2.11. The van der Waals surface area contributed by atoms with Crippen molar-refractivity contribution in [1.29, 1.82) is 0 Å². The summed E-state index contributed by atoms with van der Waals surface area (Å²) in [5, 5.41) is 2.62. The van der Waals surface area contributed by atoms with Gasteiger partial charge in [-0.1, -0.05) is 30.3 Å². The van der Waals surface area contributed by atoms with Crippen molar-refractivity contribution in [2.45, 2.75) is 18.6 Å². The number of anilines is 1. The molecule has 4 rings (SSSR count). The summed E-state index contributed by atoms with van der Waals surface area (Å²) in [5.41, 5.74) is 1.44. The Kier molecular flexibility index (Phi) is 5.67. The number of urea groups is 1. The van der Waals surface area contributed by atoms with Crippen LogP contribution in [0.5, 0.6) is 5.75 Å². The van der Waals surface area contributed by atoms with E-state index in [-0.39, 0.29) is 18.4 Å². The van der Waals surface area contributed by atoms with E-state index in [1.807, 2.05) is 30.3 Å². The molecule has 156 valence electrons. The molecule has 2 saturated heterocycles. The summed E-state index contributed by atoms with van der Waals surface area (Å²) in [6.07, 6.45) is -0.285. The molecule has 2 aliphatic heterocycles. The molecule has 8 heteroatoms. The first-order valence-corrected chi connectivity index (χ1v) is 9.79. The number of nitrogens with one attached hydrogen (secondary N) is 1. The zero-order valence-corrected chi connectivity index (χ0v) is 16.6. The molecule has 0 aliphatic carbocycles. The van der Waals surface area contributed by atoms with Gasteiger partial charge in [0.25, 0.3) is 5.91 Å². The molecule has 1 N–H and O–H groups in total. The summed E-state index contributed by atoms with van der Waals surface area (Å²) in [7, 11) is 1.54. The number of carbonyl (C=O) groups excluding carboxylic acids is 3. The molecule has 30 heavy (non-hydrogen) atoms. The van der Waals surface area contributed by atoms with Gasteiger partial charge >= 0.3 is 6.03 Å². The molecule has 2 unspecified atom stereocenters. The summed E-state index contributed by atoms with van der Waals surface area (Å²) >= 11 is 0. The highest BCUT2D eigenvalue weighted by Crippen LogP contribution is 2.25. The number of ether oxygens (including phenoxy) is 2. The van der Waals surface area contributed by atoms with Crippen molar-refractivity contribution >= 4 is 23.5 Å². The molecule has 0 aromatic heterocycles. The van der Waals surface area contributed by atoms with E-state index < -0.39 is 18.0 Å². The number of rotatable bonds is 5. The number of morpholine rings is 1. The van der Waals surface area contributed by atoms with Gasteiger partial charge in [-0.25, -0.2) is 9.69 Å². The number of amides is 4. The van der Waals surface area contributed by atoms with Gasteiger partial charge in [0, 0.05) is 6.54 Å². The van der Waals surface area contributed by atoms with Gasteiger partial charge in [0.05, 0.1) is 32.4 Å². The lowest BCUT2D eigenvalue weighted by Gasteiger charge is -2.33. The fourth-order valence-electron chi connectivity index (χ4n) is 3.69. The second-order valence-electron chi connectivity index (χ2n) is 7.19. The third-order valence-corrected chi connectivity index (χ3v) is 5.32. The Hall–Kier alpha value is -3.39. The van der Waals surface area contributed by atoms with Gasteiger partial charge in [-0.3, -0.25) is 9.59 Å². The molecule has 0 spiro atoms. The topological polar surface area (TPSA) is 88.2 Å². The Bertz CT molecular complexity index is 932. The van der Waals surface area contributed by atoms with E-state index in [2.05, 4.69) is 5.32 Å². The van der Waals surface area contributed by atoms with Crippen molar-refractivity contribution in [3.63, 3.8) is 0 Å². The van der Waals surface area contributed by atoms with E-state index in [4.69, 9.17) is 9.47 Å². The molecular weight excluding hydrogens is 386 g/mol. The maximum absolute atomic E-state index is 12.8. The lowest BCUT2D eigenvalue weighted by molar-refractivity contribution is -0.140. The highest BCUT2D eigenvalue weighted by Gasteiger charge is 2.41. The van der Waals surface area contributed by atoms with Crippen LogP contribution in [-0.2, 0) is 14.3 Å². The SMILES string of the molecule is COc1ccc(N2C(=O)NC(CC(=O)N3CCOC(c4ccccc4)C3)C2=O)cc1. The molecule has 2 atom stereocenters. The van der Waals surface area contributed by atoms with Crippen molar-refractivity contribution in [2.24, 2.45) is 0 Å². The van der Waals surface area contributed by atoms with E-state index in [1.54, 1.807) is 36.3 Å². The first kappa shape index (κ1) is 19.9. The van der Waals surface area contributed by atoms with Gasteiger partial charge in [0.2, 0.25) is 5.91 Å². The number of nitrogens with zero attached hydrogens (tertiary/aromatic N) is 2. The van der Waals surface area contributed by atoms with Crippen LogP contribution >= 0.6 is 0 Å². The summed E-state index contributed by atoms with van der Waals surface area (Å²) < 4.78 is 10.9. The van der Waals surface area contributed by atoms with Crippen molar-refractivity contribution in [1.82, 2.24) is 10.2 Å². The van der Waals surface area contributed by atoms with Crippen LogP contribution in [0.2, 0.25) is 0 Å². The maximum Gasteiger partial charge on any atom is 0.329 e. The summed E-state index contributed by atoms with van der Waals surface area (Å²) in [4.78, 5) is 40.7. The molecule has 0 bridgehead atoms. The van der Waals surface area contributed by atoms with Crippen molar-refractivity contribution in [3.05, 3.63) is 60.2 Å². The number of imide groups is 1. The molecule has 2 aromatic rings. The largest absolute Gasteiger partial charge is 0.497 e. The Labute approximate surface area is 174 Å². The van der Waals surface area contributed by atoms with E-state index in [0.717, 1.165) is 10.5 Å². The molecule has 0 radical (unpaired) electrons. The lowest BCUT2D eigenvalue weighted by Crippen LogP contribution is -2.45. The molecule has 2 heterocycles. The second-order valence-corrected chi connectivity index (χ2v) is 7.19. The van der Waals surface area contributed by atoms with E-state index in [1.165, 1.54) is 0 Å². The van der Waals surface area contributed by atoms with Crippen LogP contribution in [0.3, 0.4) is 0 Å². The summed E-state index contributed by atoms with van der Waals surface area (Å²) in [6, 6.07) is 14.9. The van der Waals surface area contributed by atoms with Gasteiger partial charge < -0.3 is 19.7 Å². The highest BCUT2D eigenvalue weighted by atomic mass is 16.5. The average molecular weight is 409 g/mol. The Morgan fingerprint density at radius 3 is 2.57 bits per heavy atom. The van der Waals surface area contributed by atoms with Crippen LogP contribution in [0.25, 0.3) is 0 Å². The first-order chi connectivity index (χ1) is 14.6. The Morgan fingerprint density at radius 1 is 1.13 bits per heavy atom. The number of carbonyl (C=O) groups is 3. The Morgan fingerprint density at radius 2 is 1.87 bits per heavy atom. The van der Waals surface area contributed by atoms with Crippen molar-refractivity contribution in [3.8, 4) is 5.75 Å². The maximum atomic E-state index is 12.8. The lowest BCUT2D eigenvalue weighted by atomic mass is 10.1. The highest BCUT2D eigenvalue weighted by molar-refractivity contribution is 6.22. The van der Waals surface area contributed by atoms with E-state index in [0.29, 0.717) is 31.1 Å². The third kappa shape index (κ3) is 3.99. The van der Waals surface area contributed by atoms with Crippen LogP contribution < -0.4 is 15.0 Å². The smallest absolute Gasteiger partial charge is 0.329 e. The van der Waals surface area contributed by atoms with Gasteiger partial charge in [0.1, 0.15) is 17.9 Å². The van der Waals surface area contributed by atoms with Gasteiger partial charge in [-0.15, -0.1) is 0 Å². The molecule has 8 nitrogen and oxygen atoms in total. The van der Waals surface area contributed by atoms with Crippen LogP contribution in [0.15, 0.2) is 54.6 Å². The molecule has 2 aromatic carbocycles. The zero-order valence-electron chi connectivity index (χ0n) is 16.6. The van der Waals surface area contributed by atoms with Gasteiger partial charge in [-0.2, -0.15) is 0 Å². The van der Waals surface area contributed by atoms with E-state index >= 15 is 0 Å². The van der Waals surface area contributed by atoms with Crippen LogP contribution in [0.1, 0.15) is 18.1 Å². The molecule has 2 fully saturated rings. The van der Waals surface area contributed by atoms with Crippen molar-refractivity contribution in [2.75, 3.05) is 31.7 Å². The molecule has 4 amide bonds. The van der Waals surface area contributed by atoms with Crippen LogP contribution in [0.4, 0.5) is 10.5 Å². The van der Waals surface area contributed by atoms with E-state index in [9.17, 15) is 14.4 Å². The van der Waals surface area contributed by atoms with Crippen LogP contribution in [0, 0.1) is 0 Å². The monoisotopic (exact) mass is 409 g/mol. The fraction of sp³-hybridized carbons (Fsp3) is 0.318. The summed E-state index contributed by atoms with van der Waals surface area (Å²) in [5.74, 6) is -0.00123. The minimum absolute atomic E-state index is 0.0846. The zero-order chi connectivity index (χ0) is 21.1. The van der Waals surface area contributed by atoms with Gasteiger partial charge in [-0.05, 0) is 29.8 Å². The quantitative estimate of drug-likeness (QED) is 0.765. The minimum Gasteiger partial charge on any atom is -0.497 e. The minimum atomic E-state index is -0.884. The number of hydrogen-bond donors (Lipinski definition) is 1. The summed E-state index contributed by atoms with van der Waals surface area (Å²) in [6.45, 7) is 1.30.